The van der Waals surface area contributed by atoms with Gasteiger partial charge in [0.05, 0.1) is 5.69 Å². The van der Waals surface area contributed by atoms with Crippen molar-refractivity contribution < 1.29 is 13.6 Å². The van der Waals surface area contributed by atoms with E-state index in [1.165, 1.54) is 12.1 Å². The van der Waals surface area contributed by atoms with Crippen LogP contribution in [-0.2, 0) is 0 Å². The van der Waals surface area contributed by atoms with Crippen LogP contribution in [0.25, 0.3) is 22.9 Å². The highest BCUT2D eigenvalue weighted by molar-refractivity contribution is 5.99. The van der Waals surface area contributed by atoms with Crippen LogP contribution >= 0.6 is 0 Å². The molecular weight excluding hydrogens is 359 g/mol. The highest BCUT2D eigenvalue weighted by atomic mass is 19.1. The molecule has 0 atom stereocenters. The molecular formula is C21H15FN4O2. The molecule has 138 valence electrons. The number of urea groups is 1. The van der Waals surface area contributed by atoms with Gasteiger partial charge in [-0.05, 0) is 48.5 Å². The second-order valence-corrected chi connectivity index (χ2v) is 5.91. The molecule has 4 aromatic rings. The SMILES string of the molecule is O=C(Nc1ccc(-c2nnc(-c3ccccc3)o2)cc1)Nc1ccccc1F. The lowest BCUT2D eigenvalue weighted by molar-refractivity contribution is 0.262. The van der Waals surface area contributed by atoms with Crippen molar-refractivity contribution in [2.75, 3.05) is 10.6 Å². The van der Waals surface area contributed by atoms with Crippen LogP contribution in [-0.4, -0.2) is 16.2 Å². The van der Waals surface area contributed by atoms with E-state index in [4.69, 9.17) is 4.42 Å². The first-order valence-electron chi connectivity index (χ1n) is 8.51. The third-order valence-corrected chi connectivity index (χ3v) is 3.96. The van der Waals surface area contributed by atoms with Gasteiger partial charge in [-0.15, -0.1) is 10.2 Å². The van der Waals surface area contributed by atoms with Gasteiger partial charge < -0.3 is 15.1 Å². The summed E-state index contributed by atoms with van der Waals surface area (Å²) < 4.78 is 19.3. The Balaban J connectivity index is 1.44. The van der Waals surface area contributed by atoms with E-state index in [-0.39, 0.29) is 5.69 Å². The van der Waals surface area contributed by atoms with Crippen LogP contribution in [0.5, 0.6) is 0 Å². The van der Waals surface area contributed by atoms with Gasteiger partial charge in [-0.3, -0.25) is 0 Å². The van der Waals surface area contributed by atoms with E-state index in [2.05, 4.69) is 20.8 Å². The van der Waals surface area contributed by atoms with E-state index < -0.39 is 11.8 Å². The zero-order chi connectivity index (χ0) is 19.3. The van der Waals surface area contributed by atoms with Gasteiger partial charge in [0, 0.05) is 16.8 Å². The van der Waals surface area contributed by atoms with Crippen molar-refractivity contribution in [2.45, 2.75) is 0 Å². The number of rotatable bonds is 4. The largest absolute Gasteiger partial charge is 0.416 e. The van der Waals surface area contributed by atoms with Crippen LogP contribution in [0.3, 0.4) is 0 Å². The molecule has 0 aliphatic carbocycles. The molecule has 6 nitrogen and oxygen atoms in total. The van der Waals surface area contributed by atoms with Gasteiger partial charge >= 0.3 is 6.03 Å². The Labute approximate surface area is 160 Å². The molecule has 3 aromatic carbocycles. The van der Waals surface area contributed by atoms with Crippen LogP contribution in [0.4, 0.5) is 20.6 Å². The molecule has 0 spiro atoms. The summed E-state index contributed by atoms with van der Waals surface area (Å²) in [5.41, 5.74) is 2.20. The molecule has 1 aromatic heterocycles. The molecule has 1 heterocycles. The van der Waals surface area contributed by atoms with Crippen LogP contribution in [0.2, 0.25) is 0 Å². The molecule has 0 saturated carbocycles. The van der Waals surface area contributed by atoms with Crippen molar-refractivity contribution in [3.63, 3.8) is 0 Å². The maximum absolute atomic E-state index is 13.6. The first-order chi connectivity index (χ1) is 13.7. The molecule has 0 aliphatic rings. The third kappa shape index (κ3) is 3.88. The van der Waals surface area contributed by atoms with Crippen molar-refractivity contribution in [2.24, 2.45) is 0 Å². The Bertz CT molecular complexity index is 1090. The topological polar surface area (TPSA) is 80.1 Å². The van der Waals surface area contributed by atoms with E-state index in [0.29, 0.717) is 17.5 Å². The lowest BCUT2D eigenvalue weighted by atomic mass is 10.2. The zero-order valence-electron chi connectivity index (χ0n) is 14.6. The molecule has 0 saturated heterocycles. The van der Waals surface area contributed by atoms with Gasteiger partial charge in [0.15, 0.2) is 0 Å². The fraction of sp³-hybridized carbons (Fsp3) is 0. The van der Waals surface area contributed by atoms with Gasteiger partial charge in [-0.2, -0.15) is 0 Å². The van der Waals surface area contributed by atoms with Crippen molar-refractivity contribution >= 4 is 17.4 Å². The van der Waals surface area contributed by atoms with Crippen molar-refractivity contribution in [3.05, 3.63) is 84.7 Å². The third-order valence-electron chi connectivity index (χ3n) is 3.96. The first-order valence-corrected chi connectivity index (χ1v) is 8.51. The number of anilines is 2. The molecule has 0 fully saturated rings. The number of halogens is 1. The fourth-order valence-corrected chi connectivity index (χ4v) is 2.58. The number of benzene rings is 3. The average molecular weight is 374 g/mol. The lowest BCUT2D eigenvalue weighted by Gasteiger charge is -2.08. The predicted octanol–water partition coefficient (Wildman–Crippen LogP) is 5.19. The molecule has 4 rings (SSSR count). The highest BCUT2D eigenvalue weighted by Crippen LogP contribution is 2.24. The summed E-state index contributed by atoms with van der Waals surface area (Å²) >= 11 is 0. The van der Waals surface area contributed by atoms with Gasteiger partial charge in [-0.1, -0.05) is 30.3 Å². The van der Waals surface area contributed by atoms with Crippen LogP contribution < -0.4 is 10.6 Å². The van der Waals surface area contributed by atoms with Gasteiger partial charge in [0.1, 0.15) is 5.82 Å². The minimum absolute atomic E-state index is 0.107. The number of hydrogen-bond acceptors (Lipinski definition) is 4. The highest BCUT2D eigenvalue weighted by Gasteiger charge is 2.11. The number of amides is 2. The van der Waals surface area contributed by atoms with Crippen molar-refractivity contribution in [1.29, 1.82) is 0 Å². The van der Waals surface area contributed by atoms with Gasteiger partial charge in [0.25, 0.3) is 0 Å². The van der Waals surface area contributed by atoms with E-state index in [1.54, 1.807) is 36.4 Å². The monoisotopic (exact) mass is 374 g/mol. The summed E-state index contributed by atoms with van der Waals surface area (Å²) in [6, 6.07) is 21.8. The van der Waals surface area contributed by atoms with Crippen molar-refractivity contribution in [3.8, 4) is 22.9 Å². The Morgan fingerprint density at radius 2 is 1.36 bits per heavy atom. The van der Waals surface area contributed by atoms with E-state index in [0.717, 1.165) is 11.1 Å². The first kappa shape index (κ1) is 17.4. The molecule has 0 bridgehead atoms. The van der Waals surface area contributed by atoms with Crippen molar-refractivity contribution in [1.82, 2.24) is 10.2 Å². The Kier molecular flexibility index (Phi) is 4.79. The summed E-state index contributed by atoms with van der Waals surface area (Å²) in [7, 11) is 0. The fourth-order valence-electron chi connectivity index (χ4n) is 2.58. The van der Waals surface area contributed by atoms with E-state index >= 15 is 0 Å². The molecule has 2 amide bonds. The van der Waals surface area contributed by atoms with E-state index in [1.807, 2.05) is 30.3 Å². The molecule has 7 heteroatoms. The number of carbonyl (C=O) groups excluding carboxylic acids is 1. The standard InChI is InChI=1S/C21H15FN4O2/c22-17-8-4-5-9-18(17)24-21(27)23-16-12-10-15(11-13-16)20-26-25-19(28-20)14-6-2-1-3-7-14/h1-13H,(H2,23,24,27). The smallest absolute Gasteiger partial charge is 0.323 e. The number of hydrogen-bond donors (Lipinski definition) is 2. The summed E-state index contributed by atoms with van der Waals surface area (Å²) in [4.78, 5) is 12.0. The zero-order valence-corrected chi connectivity index (χ0v) is 14.6. The quantitative estimate of drug-likeness (QED) is 0.515. The predicted molar refractivity (Wildman–Crippen MR) is 104 cm³/mol. The van der Waals surface area contributed by atoms with Crippen LogP contribution in [0.15, 0.2) is 83.3 Å². The number of aromatic nitrogens is 2. The number of para-hydroxylation sites is 1. The molecule has 28 heavy (non-hydrogen) atoms. The van der Waals surface area contributed by atoms with Crippen LogP contribution in [0.1, 0.15) is 0 Å². The summed E-state index contributed by atoms with van der Waals surface area (Å²) in [5.74, 6) is 0.307. The number of nitrogens with zero attached hydrogens (tertiary/aromatic N) is 2. The molecule has 0 aliphatic heterocycles. The maximum Gasteiger partial charge on any atom is 0.323 e. The Morgan fingerprint density at radius 1 is 0.750 bits per heavy atom. The molecule has 0 radical (unpaired) electrons. The normalized spacial score (nSPS) is 10.5. The van der Waals surface area contributed by atoms with Gasteiger partial charge in [0.2, 0.25) is 11.8 Å². The molecule has 2 N–H and O–H groups in total. The summed E-state index contributed by atoms with van der Waals surface area (Å²) in [6.45, 7) is 0. The van der Waals surface area contributed by atoms with E-state index in [9.17, 15) is 9.18 Å². The van der Waals surface area contributed by atoms with Crippen LogP contribution in [0, 0.1) is 5.82 Å². The minimum atomic E-state index is -0.540. The number of nitrogens with one attached hydrogen (secondary N) is 2. The maximum atomic E-state index is 13.6. The second kappa shape index (κ2) is 7.71. The van der Waals surface area contributed by atoms with Gasteiger partial charge in [-0.25, -0.2) is 9.18 Å². The molecule has 0 unspecified atom stereocenters. The Morgan fingerprint density at radius 3 is 2.04 bits per heavy atom. The average Bonchev–Trinajstić information content (AvgIpc) is 3.21. The minimum Gasteiger partial charge on any atom is -0.416 e. The summed E-state index contributed by atoms with van der Waals surface area (Å²) in [5, 5.41) is 13.2. The lowest BCUT2D eigenvalue weighted by Crippen LogP contribution is -2.20. The second-order valence-electron chi connectivity index (χ2n) is 5.91. The summed E-state index contributed by atoms with van der Waals surface area (Å²) in [6.07, 6.45) is 0. The number of carbonyl (C=O) groups is 1. The Hall–Kier alpha value is -4.00.